The predicted octanol–water partition coefficient (Wildman–Crippen LogP) is 4.02. The summed E-state index contributed by atoms with van der Waals surface area (Å²) in [5.74, 6) is -0.198. The molecule has 1 N–H and O–H groups in total. The summed E-state index contributed by atoms with van der Waals surface area (Å²) in [6.07, 6.45) is 0.746. The SMILES string of the molecule is CC[C@](CNC(=O)c1ccccc1Cl)(OC)c1ccccc1. The number of ether oxygens (including phenoxy) is 1. The van der Waals surface area contributed by atoms with Crippen molar-refractivity contribution < 1.29 is 9.53 Å². The van der Waals surface area contributed by atoms with Gasteiger partial charge in [-0.3, -0.25) is 4.79 Å². The van der Waals surface area contributed by atoms with Gasteiger partial charge in [0, 0.05) is 7.11 Å². The van der Waals surface area contributed by atoms with Crippen molar-refractivity contribution in [2.24, 2.45) is 0 Å². The van der Waals surface area contributed by atoms with Crippen molar-refractivity contribution in [2.45, 2.75) is 18.9 Å². The highest BCUT2D eigenvalue weighted by molar-refractivity contribution is 6.33. The smallest absolute Gasteiger partial charge is 0.252 e. The first-order valence-electron chi connectivity index (χ1n) is 7.26. The summed E-state index contributed by atoms with van der Waals surface area (Å²) in [6.45, 7) is 2.42. The molecule has 0 aliphatic rings. The van der Waals surface area contributed by atoms with E-state index in [1.807, 2.05) is 37.3 Å². The molecule has 0 aromatic heterocycles. The van der Waals surface area contributed by atoms with Crippen LogP contribution in [0.3, 0.4) is 0 Å². The van der Waals surface area contributed by atoms with E-state index in [-0.39, 0.29) is 5.91 Å². The van der Waals surface area contributed by atoms with E-state index in [0.717, 1.165) is 12.0 Å². The van der Waals surface area contributed by atoms with Crippen LogP contribution in [0.1, 0.15) is 29.3 Å². The number of carbonyl (C=O) groups is 1. The van der Waals surface area contributed by atoms with Gasteiger partial charge < -0.3 is 10.1 Å². The third kappa shape index (κ3) is 3.49. The fourth-order valence-corrected chi connectivity index (χ4v) is 2.69. The van der Waals surface area contributed by atoms with E-state index in [2.05, 4.69) is 5.32 Å². The molecule has 1 amide bonds. The minimum absolute atomic E-state index is 0.198. The molecule has 0 saturated heterocycles. The molecule has 116 valence electrons. The van der Waals surface area contributed by atoms with Gasteiger partial charge in [-0.05, 0) is 24.1 Å². The molecule has 2 rings (SSSR count). The van der Waals surface area contributed by atoms with Crippen LogP contribution in [0.15, 0.2) is 54.6 Å². The summed E-state index contributed by atoms with van der Waals surface area (Å²) >= 11 is 6.06. The first-order chi connectivity index (χ1) is 10.6. The summed E-state index contributed by atoms with van der Waals surface area (Å²) in [5, 5.41) is 3.38. The lowest BCUT2D eigenvalue weighted by molar-refractivity contribution is -0.0164. The maximum Gasteiger partial charge on any atom is 0.252 e. The maximum atomic E-state index is 12.3. The van der Waals surface area contributed by atoms with Crippen molar-refractivity contribution in [2.75, 3.05) is 13.7 Å². The lowest BCUT2D eigenvalue weighted by atomic mass is 9.90. The minimum atomic E-state index is -0.543. The van der Waals surface area contributed by atoms with Crippen molar-refractivity contribution in [3.8, 4) is 0 Å². The Kier molecular flexibility index (Phi) is 5.58. The van der Waals surface area contributed by atoms with Gasteiger partial charge in [0.2, 0.25) is 0 Å². The van der Waals surface area contributed by atoms with Crippen LogP contribution in [0.4, 0.5) is 0 Å². The molecule has 0 spiro atoms. The number of methoxy groups -OCH3 is 1. The number of halogens is 1. The van der Waals surface area contributed by atoms with Gasteiger partial charge in [-0.15, -0.1) is 0 Å². The van der Waals surface area contributed by atoms with Gasteiger partial charge >= 0.3 is 0 Å². The zero-order valence-electron chi connectivity index (χ0n) is 12.8. The first-order valence-corrected chi connectivity index (χ1v) is 7.64. The molecule has 22 heavy (non-hydrogen) atoms. The maximum absolute atomic E-state index is 12.3. The molecule has 0 heterocycles. The van der Waals surface area contributed by atoms with E-state index in [1.165, 1.54) is 0 Å². The van der Waals surface area contributed by atoms with Crippen LogP contribution >= 0.6 is 11.6 Å². The lowest BCUT2D eigenvalue weighted by Gasteiger charge is -2.32. The minimum Gasteiger partial charge on any atom is -0.372 e. The van der Waals surface area contributed by atoms with Crippen molar-refractivity contribution in [3.63, 3.8) is 0 Å². The lowest BCUT2D eigenvalue weighted by Crippen LogP contribution is -2.42. The summed E-state index contributed by atoms with van der Waals surface area (Å²) in [4.78, 5) is 12.3. The molecule has 0 radical (unpaired) electrons. The molecule has 2 aromatic rings. The van der Waals surface area contributed by atoms with Gasteiger partial charge in [0.1, 0.15) is 5.60 Å². The summed E-state index contributed by atoms with van der Waals surface area (Å²) in [5.41, 5.74) is 0.968. The first kappa shape index (κ1) is 16.5. The fraction of sp³-hybridized carbons (Fsp3) is 0.278. The molecule has 0 fully saturated rings. The number of amides is 1. The Morgan fingerprint density at radius 2 is 1.77 bits per heavy atom. The predicted molar refractivity (Wildman–Crippen MR) is 89.2 cm³/mol. The Bertz CT molecular complexity index is 624. The Morgan fingerprint density at radius 1 is 1.14 bits per heavy atom. The molecule has 4 heteroatoms. The number of nitrogens with one attached hydrogen (secondary N) is 1. The average molecular weight is 318 g/mol. The van der Waals surface area contributed by atoms with E-state index in [4.69, 9.17) is 16.3 Å². The van der Waals surface area contributed by atoms with Crippen LogP contribution in [0.5, 0.6) is 0 Å². The average Bonchev–Trinajstić information content (AvgIpc) is 2.57. The molecule has 0 aliphatic heterocycles. The molecule has 2 aromatic carbocycles. The standard InChI is InChI=1S/C18H20ClNO2/c1-3-18(22-2,14-9-5-4-6-10-14)13-20-17(21)15-11-7-8-12-16(15)19/h4-12H,3,13H2,1-2H3,(H,20,21)/t18-/m1/s1. The largest absolute Gasteiger partial charge is 0.372 e. The highest BCUT2D eigenvalue weighted by Gasteiger charge is 2.30. The van der Waals surface area contributed by atoms with E-state index >= 15 is 0 Å². The number of carbonyl (C=O) groups excluding carboxylic acids is 1. The van der Waals surface area contributed by atoms with Crippen LogP contribution in [0, 0.1) is 0 Å². The van der Waals surface area contributed by atoms with Crippen LogP contribution in [-0.4, -0.2) is 19.6 Å². The molecule has 0 bridgehead atoms. The molecule has 0 unspecified atom stereocenters. The van der Waals surface area contributed by atoms with Crippen molar-refractivity contribution in [1.29, 1.82) is 0 Å². The monoisotopic (exact) mass is 317 g/mol. The Morgan fingerprint density at radius 3 is 2.36 bits per heavy atom. The Balaban J connectivity index is 2.16. The van der Waals surface area contributed by atoms with Crippen LogP contribution in [0.25, 0.3) is 0 Å². The van der Waals surface area contributed by atoms with Gasteiger partial charge in [0.05, 0.1) is 17.1 Å². The van der Waals surface area contributed by atoms with Gasteiger partial charge in [-0.2, -0.15) is 0 Å². The zero-order valence-corrected chi connectivity index (χ0v) is 13.6. The van der Waals surface area contributed by atoms with Crippen molar-refractivity contribution >= 4 is 17.5 Å². The number of rotatable bonds is 6. The summed E-state index contributed by atoms with van der Waals surface area (Å²) in [6, 6.07) is 16.9. The van der Waals surface area contributed by atoms with Crippen molar-refractivity contribution in [3.05, 3.63) is 70.7 Å². The van der Waals surface area contributed by atoms with E-state index in [9.17, 15) is 4.79 Å². The highest BCUT2D eigenvalue weighted by atomic mass is 35.5. The topological polar surface area (TPSA) is 38.3 Å². The molecule has 0 saturated carbocycles. The highest BCUT2D eigenvalue weighted by Crippen LogP contribution is 2.28. The third-order valence-electron chi connectivity index (χ3n) is 3.91. The second kappa shape index (κ2) is 7.43. The van der Waals surface area contributed by atoms with Gasteiger partial charge in [0.15, 0.2) is 0 Å². The molecule has 0 aliphatic carbocycles. The van der Waals surface area contributed by atoms with E-state index in [0.29, 0.717) is 17.1 Å². The molecular formula is C18H20ClNO2. The van der Waals surface area contributed by atoms with E-state index < -0.39 is 5.60 Å². The molecular weight excluding hydrogens is 298 g/mol. The Hall–Kier alpha value is -1.84. The van der Waals surface area contributed by atoms with Gasteiger partial charge in [0.25, 0.3) is 5.91 Å². The summed E-state index contributed by atoms with van der Waals surface area (Å²) < 4.78 is 5.74. The van der Waals surface area contributed by atoms with E-state index in [1.54, 1.807) is 31.4 Å². The van der Waals surface area contributed by atoms with Crippen molar-refractivity contribution in [1.82, 2.24) is 5.32 Å². The third-order valence-corrected chi connectivity index (χ3v) is 4.24. The van der Waals surface area contributed by atoms with Crippen LogP contribution < -0.4 is 5.32 Å². The number of hydrogen-bond acceptors (Lipinski definition) is 2. The second-order valence-electron chi connectivity index (χ2n) is 5.08. The Labute approximate surface area is 136 Å². The normalized spacial score (nSPS) is 13.4. The quantitative estimate of drug-likeness (QED) is 0.873. The van der Waals surface area contributed by atoms with Gasteiger partial charge in [-0.1, -0.05) is 61.0 Å². The van der Waals surface area contributed by atoms with Crippen LogP contribution in [-0.2, 0) is 10.3 Å². The van der Waals surface area contributed by atoms with Crippen LogP contribution in [0.2, 0.25) is 5.02 Å². The zero-order chi connectivity index (χ0) is 16.0. The number of benzene rings is 2. The number of hydrogen-bond donors (Lipinski definition) is 1. The summed E-state index contributed by atoms with van der Waals surface area (Å²) in [7, 11) is 1.66. The molecule has 3 nitrogen and oxygen atoms in total. The van der Waals surface area contributed by atoms with Gasteiger partial charge in [-0.25, -0.2) is 0 Å². The fourth-order valence-electron chi connectivity index (χ4n) is 2.47. The second-order valence-corrected chi connectivity index (χ2v) is 5.49. The molecule has 1 atom stereocenters.